The summed E-state index contributed by atoms with van der Waals surface area (Å²) in [6.45, 7) is 9.19. The zero-order valence-corrected chi connectivity index (χ0v) is 51.6. The number of fused-ring (bicyclic) bond motifs is 14. The predicted molar refractivity (Wildman–Crippen MR) is 380 cm³/mol. The lowest BCUT2D eigenvalue weighted by Gasteiger charge is -2.30. The zero-order chi connectivity index (χ0) is 61.3. The van der Waals surface area contributed by atoms with Crippen molar-refractivity contribution >= 4 is 87.2 Å². The number of nitrogens with zero attached hydrogens (tertiary/aromatic N) is 2. The molecule has 2 aliphatic carbocycles. The third-order valence-electron chi connectivity index (χ3n) is 19.5. The Morgan fingerprint density at radius 2 is 0.659 bits per heavy atom. The summed E-state index contributed by atoms with van der Waals surface area (Å²) in [6, 6.07) is 101. The summed E-state index contributed by atoms with van der Waals surface area (Å²) in [7, 11) is 0. The van der Waals surface area contributed by atoms with E-state index < -0.39 is 0 Å². The summed E-state index contributed by atoms with van der Waals surface area (Å²) in [5, 5.41) is 6.67. The molecule has 0 unspecified atom stereocenters. The number of thiophene rings is 1. The molecular formula is C86H60F2N2S. The van der Waals surface area contributed by atoms with Crippen LogP contribution in [0.5, 0.6) is 0 Å². The molecule has 1 aromatic heterocycles. The van der Waals surface area contributed by atoms with Crippen LogP contribution in [-0.4, -0.2) is 0 Å². The molecular weight excluding hydrogens is 1130 g/mol. The Kier molecular flexibility index (Phi) is 12.5. The maximum atomic E-state index is 18.4. The molecule has 0 bridgehead atoms. The number of benzene rings is 14. The van der Waals surface area contributed by atoms with Gasteiger partial charge < -0.3 is 9.80 Å². The molecule has 17 rings (SSSR count). The highest BCUT2D eigenvalue weighted by molar-refractivity contribution is 7.27. The summed E-state index contributed by atoms with van der Waals surface area (Å²) in [5.74, 6) is -0.607. The maximum Gasteiger partial charge on any atom is 0.155 e. The average molecular weight is 1190 g/mol. The predicted octanol–water partition coefficient (Wildman–Crippen LogP) is 24.9. The highest BCUT2D eigenvalue weighted by Crippen LogP contribution is 2.55. The largest absolute Gasteiger partial charge is 0.308 e. The molecule has 0 spiro atoms. The zero-order valence-electron chi connectivity index (χ0n) is 50.8. The molecule has 0 aliphatic heterocycles. The van der Waals surface area contributed by atoms with Gasteiger partial charge in [-0.15, -0.1) is 11.3 Å². The Bertz CT molecular complexity index is 5440. The van der Waals surface area contributed by atoms with E-state index in [-0.39, 0.29) is 22.5 Å². The average Bonchev–Trinajstić information content (AvgIpc) is 1.66. The Hall–Kier alpha value is -10.7. The van der Waals surface area contributed by atoms with E-state index in [0.29, 0.717) is 22.5 Å². The third kappa shape index (κ3) is 8.63. The van der Waals surface area contributed by atoms with E-state index >= 15 is 8.78 Å². The fourth-order valence-electron chi connectivity index (χ4n) is 15.0. The van der Waals surface area contributed by atoms with Crippen LogP contribution in [0.25, 0.3) is 108 Å². The van der Waals surface area contributed by atoms with E-state index in [0.717, 1.165) is 92.5 Å². The van der Waals surface area contributed by atoms with Crippen molar-refractivity contribution in [2.45, 2.75) is 38.5 Å². The minimum absolute atomic E-state index is 0.294. The van der Waals surface area contributed by atoms with Crippen molar-refractivity contribution in [2.75, 3.05) is 9.80 Å². The second-order valence-corrected chi connectivity index (χ2v) is 26.5. The Labute approximate surface area is 532 Å². The van der Waals surface area contributed by atoms with Crippen LogP contribution >= 0.6 is 11.3 Å². The summed E-state index contributed by atoms with van der Waals surface area (Å²) >= 11 is 1.77. The lowest BCUT2D eigenvalue weighted by atomic mass is 9.82. The van der Waals surface area contributed by atoms with Crippen molar-refractivity contribution in [3.63, 3.8) is 0 Å². The molecule has 0 fully saturated rings. The van der Waals surface area contributed by atoms with Gasteiger partial charge in [0, 0.05) is 70.3 Å². The van der Waals surface area contributed by atoms with Gasteiger partial charge in [-0.05, 0) is 167 Å². The summed E-state index contributed by atoms with van der Waals surface area (Å²) in [5.41, 5.74) is 20.1. The summed E-state index contributed by atoms with van der Waals surface area (Å²) in [6.07, 6.45) is 0. The van der Waals surface area contributed by atoms with E-state index in [2.05, 4.69) is 207 Å². The Balaban J connectivity index is 0.885. The number of rotatable bonds is 10. The van der Waals surface area contributed by atoms with E-state index in [1.165, 1.54) is 49.9 Å². The highest BCUT2D eigenvalue weighted by Gasteiger charge is 2.38. The molecule has 1 heterocycles. The first-order valence-corrected chi connectivity index (χ1v) is 32.1. The molecule has 91 heavy (non-hydrogen) atoms. The van der Waals surface area contributed by atoms with Crippen LogP contribution in [0, 0.1) is 11.6 Å². The van der Waals surface area contributed by atoms with Gasteiger partial charge in [0.05, 0.1) is 11.4 Å². The van der Waals surface area contributed by atoms with E-state index in [9.17, 15) is 0 Å². The van der Waals surface area contributed by atoms with Crippen molar-refractivity contribution < 1.29 is 8.78 Å². The molecule has 0 amide bonds. The van der Waals surface area contributed by atoms with Crippen LogP contribution < -0.4 is 9.80 Å². The lowest BCUT2D eigenvalue weighted by molar-refractivity contribution is 0.632. The van der Waals surface area contributed by atoms with Gasteiger partial charge in [0.25, 0.3) is 0 Å². The van der Waals surface area contributed by atoms with Gasteiger partial charge in [0.1, 0.15) is 0 Å². The molecule has 0 atom stereocenters. The van der Waals surface area contributed by atoms with Crippen molar-refractivity contribution in [3.05, 3.63) is 325 Å². The summed E-state index contributed by atoms with van der Waals surface area (Å²) in [4.78, 5) is 4.29. The first kappa shape index (κ1) is 54.4. The second kappa shape index (κ2) is 20.9. The number of hydrogen-bond acceptors (Lipinski definition) is 3. The molecule has 0 saturated heterocycles. The Morgan fingerprint density at radius 3 is 1.15 bits per heavy atom. The SMILES string of the molecule is CC1(C)c2ccccc2-c2ccc(N(c3ccc4c(c3)sc3c5ccc(N(c6ccc7c(c6)C(C)(C)c6ccccc6-7)c6cc(-c7ccccc7)cc(-c7ccccc7)c6F)cc5c5ccccc5c43)c3cc(-c4ccccc4)cc(-c4ccccc4)c3F)cc21. The van der Waals surface area contributed by atoms with Gasteiger partial charge in [0.15, 0.2) is 11.6 Å². The van der Waals surface area contributed by atoms with Crippen LogP contribution in [0.4, 0.5) is 42.9 Å². The van der Waals surface area contributed by atoms with Gasteiger partial charge in [-0.25, -0.2) is 8.78 Å². The van der Waals surface area contributed by atoms with Crippen molar-refractivity contribution in [1.82, 2.24) is 0 Å². The number of halogens is 2. The first-order chi connectivity index (χ1) is 44.5. The topological polar surface area (TPSA) is 6.48 Å². The fraction of sp³-hybridized carbons (Fsp3) is 0.0698. The molecule has 15 aromatic rings. The molecule has 2 aliphatic rings. The van der Waals surface area contributed by atoms with E-state index in [1.807, 2.05) is 121 Å². The van der Waals surface area contributed by atoms with Gasteiger partial charge in [-0.3, -0.25) is 0 Å². The first-order valence-electron chi connectivity index (χ1n) is 31.3. The molecule has 434 valence electrons. The Morgan fingerprint density at radius 1 is 0.275 bits per heavy atom. The van der Waals surface area contributed by atoms with Crippen molar-refractivity contribution in [1.29, 1.82) is 0 Å². The monoisotopic (exact) mass is 1190 g/mol. The van der Waals surface area contributed by atoms with Gasteiger partial charge in [-0.2, -0.15) is 0 Å². The molecule has 14 aromatic carbocycles. The molecule has 2 nitrogen and oxygen atoms in total. The summed E-state index contributed by atoms with van der Waals surface area (Å²) < 4.78 is 39.0. The second-order valence-electron chi connectivity index (χ2n) is 25.4. The standard InChI is InChI=1S/C86H60F2N2S/c1-85(2)74-35-21-19-32-64(74)66-41-37-60(50-76(66)85)89(78-47-57(53-23-9-5-10-24-53)45-71(82(78)87)55-27-13-7-14-28-55)59-39-43-69-73(49-59)63-31-17-18-34-68(63)81-70-44-40-62(52-80(70)91-84(69)81)90(61-38-42-67-65-33-20-22-36-75(65)86(3,4)77(67)51-61)79-48-58(54-25-11-6-12-26-54)46-72(83(79)88)56-29-15-8-16-30-56/h5-52H,1-4H3. The molecule has 0 N–H and O–H groups in total. The van der Waals surface area contributed by atoms with Crippen LogP contribution in [-0.2, 0) is 10.8 Å². The van der Waals surface area contributed by atoms with Crippen LogP contribution in [0.3, 0.4) is 0 Å². The van der Waals surface area contributed by atoms with Crippen molar-refractivity contribution in [3.8, 4) is 66.8 Å². The van der Waals surface area contributed by atoms with Gasteiger partial charge in [-0.1, -0.05) is 246 Å². The van der Waals surface area contributed by atoms with Gasteiger partial charge in [0.2, 0.25) is 0 Å². The molecule has 0 saturated carbocycles. The molecule has 0 radical (unpaired) electrons. The smallest absolute Gasteiger partial charge is 0.155 e. The third-order valence-corrected chi connectivity index (χ3v) is 20.7. The normalized spacial score (nSPS) is 13.3. The number of anilines is 6. The fourth-order valence-corrected chi connectivity index (χ4v) is 16.3. The van der Waals surface area contributed by atoms with Gasteiger partial charge >= 0.3 is 0 Å². The minimum Gasteiger partial charge on any atom is -0.308 e. The van der Waals surface area contributed by atoms with Crippen LogP contribution in [0.1, 0.15) is 49.9 Å². The van der Waals surface area contributed by atoms with E-state index in [1.54, 1.807) is 11.3 Å². The van der Waals surface area contributed by atoms with Crippen LogP contribution in [0.2, 0.25) is 0 Å². The van der Waals surface area contributed by atoms with Crippen molar-refractivity contribution in [2.24, 2.45) is 0 Å². The number of hydrogen-bond donors (Lipinski definition) is 0. The van der Waals surface area contributed by atoms with Crippen LogP contribution in [0.15, 0.2) is 291 Å². The minimum atomic E-state index is -0.305. The quantitative estimate of drug-likeness (QED) is 0.126. The lowest BCUT2D eigenvalue weighted by Crippen LogP contribution is -2.17. The maximum absolute atomic E-state index is 18.4. The highest BCUT2D eigenvalue weighted by atomic mass is 32.1. The van der Waals surface area contributed by atoms with E-state index in [4.69, 9.17) is 0 Å². The molecule has 5 heteroatoms.